The number of carboxylic acids is 1. The Morgan fingerprint density at radius 3 is 2.14 bits per heavy atom. The minimum atomic E-state index is -1.49. The number of aliphatic hydroxyl groups is 1. The monoisotopic (exact) mass is 202 g/mol. The molecule has 1 atom stereocenters. The summed E-state index contributed by atoms with van der Waals surface area (Å²) in [6.07, 6.45) is 5.99. The predicted octanol–water partition coefficient (Wildman–Crippen LogP) is 2.57. The molecule has 3 nitrogen and oxygen atoms in total. The quantitative estimate of drug-likeness (QED) is 0.595. The second kappa shape index (κ2) is 6.82. The van der Waals surface area contributed by atoms with Crippen molar-refractivity contribution in [1.29, 1.82) is 0 Å². The first-order chi connectivity index (χ1) is 6.56. The molecule has 84 valence electrons. The Labute approximate surface area is 86.1 Å². The molecule has 0 amide bonds. The lowest BCUT2D eigenvalue weighted by Crippen LogP contribution is -2.37. The van der Waals surface area contributed by atoms with Crippen molar-refractivity contribution in [1.82, 2.24) is 0 Å². The lowest BCUT2D eigenvalue weighted by atomic mass is 9.93. The first-order valence-electron chi connectivity index (χ1n) is 5.52. The van der Waals surface area contributed by atoms with Gasteiger partial charge in [0.2, 0.25) is 0 Å². The number of aliphatic carboxylic acids is 1. The fraction of sp³-hybridized carbons (Fsp3) is 0.909. The van der Waals surface area contributed by atoms with E-state index in [9.17, 15) is 9.90 Å². The van der Waals surface area contributed by atoms with Gasteiger partial charge in [-0.05, 0) is 19.3 Å². The molecule has 0 aliphatic carbocycles. The van der Waals surface area contributed by atoms with E-state index in [4.69, 9.17) is 5.11 Å². The fourth-order valence-electron chi connectivity index (χ4n) is 1.46. The van der Waals surface area contributed by atoms with Crippen LogP contribution in [0.3, 0.4) is 0 Å². The van der Waals surface area contributed by atoms with Crippen LogP contribution in [0.4, 0.5) is 0 Å². The molecule has 0 spiro atoms. The normalized spacial score (nSPS) is 15.1. The molecule has 3 heteroatoms. The van der Waals surface area contributed by atoms with Gasteiger partial charge < -0.3 is 10.2 Å². The van der Waals surface area contributed by atoms with Gasteiger partial charge in [0.15, 0.2) is 5.60 Å². The highest BCUT2D eigenvalue weighted by Crippen LogP contribution is 2.19. The molecule has 1 unspecified atom stereocenters. The largest absolute Gasteiger partial charge is 0.479 e. The summed E-state index contributed by atoms with van der Waals surface area (Å²) >= 11 is 0. The molecule has 0 aromatic rings. The molecule has 0 aliphatic rings. The van der Waals surface area contributed by atoms with Gasteiger partial charge in [-0.15, -0.1) is 0 Å². The summed E-state index contributed by atoms with van der Waals surface area (Å²) < 4.78 is 0. The number of carboxylic acid groups (broad SMARTS) is 1. The van der Waals surface area contributed by atoms with Crippen molar-refractivity contribution < 1.29 is 15.0 Å². The van der Waals surface area contributed by atoms with Crippen LogP contribution in [0.1, 0.15) is 58.8 Å². The van der Waals surface area contributed by atoms with Gasteiger partial charge in [0.05, 0.1) is 0 Å². The van der Waals surface area contributed by atoms with E-state index in [1.807, 2.05) is 0 Å². The first-order valence-corrected chi connectivity index (χ1v) is 5.52. The van der Waals surface area contributed by atoms with Crippen LogP contribution in [0.15, 0.2) is 0 Å². The van der Waals surface area contributed by atoms with Crippen molar-refractivity contribution in [2.24, 2.45) is 0 Å². The first kappa shape index (κ1) is 13.4. The molecule has 0 aromatic heterocycles. The molecular formula is C11H22O3. The zero-order chi connectivity index (χ0) is 11.0. The SMILES string of the molecule is CCCCCCCC(O)(CC)C(=O)O. The molecule has 14 heavy (non-hydrogen) atoms. The van der Waals surface area contributed by atoms with Gasteiger partial charge in [0.25, 0.3) is 0 Å². The number of rotatable bonds is 8. The standard InChI is InChI=1S/C11H22O3/c1-3-5-6-7-8-9-11(14,4-2)10(12)13/h14H,3-9H2,1-2H3,(H,12,13). The van der Waals surface area contributed by atoms with E-state index in [0.717, 1.165) is 19.3 Å². The molecular weight excluding hydrogens is 180 g/mol. The highest BCUT2D eigenvalue weighted by molar-refractivity contribution is 5.76. The third-order valence-corrected chi connectivity index (χ3v) is 2.68. The smallest absolute Gasteiger partial charge is 0.335 e. The van der Waals surface area contributed by atoms with Crippen molar-refractivity contribution in [3.8, 4) is 0 Å². The van der Waals surface area contributed by atoms with E-state index in [0.29, 0.717) is 6.42 Å². The van der Waals surface area contributed by atoms with Gasteiger partial charge in [0.1, 0.15) is 0 Å². The number of carbonyl (C=O) groups is 1. The van der Waals surface area contributed by atoms with Crippen molar-refractivity contribution in [3.05, 3.63) is 0 Å². The maximum absolute atomic E-state index is 10.7. The molecule has 0 saturated heterocycles. The minimum absolute atomic E-state index is 0.288. The van der Waals surface area contributed by atoms with Gasteiger partial charge in [-0.2, -0.15) is 0 Å². The van der Waals surface area contributed by atoms with E-state index in [1.165, 1.54) is 12.8 Å². The van der Waals surface area contributed by atoms with Gasteiger partial charge in [-0.25, -0.2) is 4.79 Å². The van der Waals surface area contributed by atoms with Crippen molar-refractivity contribution in [2.75, 3.05) is 0 Å². The van der Waals surface area contributed by atoms with E-state index in [1.54, 1.807) is 6.92 Å². The third kappa shape index (κ3) is 4.61. The Balaban J connectivity index is 3.68. The molecule has 0 rings (SSSR count). The van der Waals surface area contributed by atoms with Crippen LogP contribution in [-0.4, -0.2) is 21.8 Å². The van der Waals surface area contributed by atoms with Crippen molar-refractivity contribution >= 4 is 5.97 Å². The van der Waals surface area contributed by atoms with Crippen LogP contribution in [0.5, 0.6) is 0 Å². The maximum atomic E-state index is 10.7. The second-order valence-corrected chi connectivity index (χ2v) is 3.85. The van der Waals surface area contributed by atoms with Crippen LogP contribution in [0, 0.1) is 0 Å². The van der Waals surface area contributed by atoms with Crippen molar-refractivity contribution in [3.63, 3.8) is 0 Å². The van der Waals surface area contributed by atoms with Crippen LogP contribution >= 0.6 is 0 Å². The zero-order valence-corrected chi connectivity index (χ0v) is 9.25. The topological polar surface area (TPSA) is 57.5 Å². The fourth-order valence-corrected chi connectivity index (χ4v) is 1.46. The molecule has 0 saturated carbocycles. The summed E-state index contributed by atoms with van der Waals surface area (Å²) in [6, 6.07) is 0. The Hall–Kier alpha value is -0.570. The van der Waals surface area contributed by atoms with E-state index in [2.05, 4.69) is 6.92 Å². The summed E-state index contributed by atoms with van der Waals surface area (Å²) in [5.41, 5.74) is -1.49. The average molecular weight is 202 g/mol. The van der Waals surface area contributed by atoms with Gasteiger partial charge in [-0.1, -0.05) is 39.5 Å². The van der Waals surface area contributed by atoms with Crippen LogP contribution < -0.4 is 0 Å². The Morgan fingerprint density at radius 2 is 1.71 bits per heavy atom. The van der Waals surface area contributed by atoms with Crippen molar-refractivity contribution in [2.45, 2.75) is 64.4 Å². The highest BCUT2D eigenvalue weighted by Gasteiger charge is 2.32. The Morgan fingerprint density at radius 1 is 1.14 bits per heavy atom. The third-order valence-electron chi connectivity index (χ3n) is 2.68. The zero-order valence-electron chi connectivity index (χ0n) is 9.25. The lowest BCUT2D eigenvalue weighted by molar-refractivity contribution is -0.159. The van der Waals surface area contributed by atoms with Gasteiger partial charge >= 0.3 is 5.97 Å². The molecule has 2 N–H and O–H groups in total. The van der Waals surface area contributed by atoms with E-state index in [-0.39, 0.29) is 6.42 Å². The number of unbranched alkanes of at least 4 members (excludes halogenated alkanes) is 4. The summed E-state index contributed by atoms with van der Waals surface area (Å²) in [6.45, 7) is 3.85. The van der Waals surface area contributed by atoms with E-state index < -0.39 is 11.6 Å². The highest BCUT2D eigenvalue weighted by atomic mass is 16.4. The van der Waals surface area contributed by atoms with Crippen LogP contribution in [0.25, 0.3) is 0 Å². The molecule has 0 fully saturated rings. The Kier molecular flexibility index (Phi) is 6.54. The summed E-state index contributed by atoms with van der Waals surface area (Å²) in [5.74, 6) is -1.09. The lowest BCUT2D eigenvalue weighted by Gasteiger charge is -2.21. The molecule has 0 aliphatic heterocycles. The van der Waals surface area contributed by atoms with Gasteiger partial charge in [-0.3, -0.25) is 0 Å². The summed E-state index contributed by atoms with van der Waals surface area (Å²) in [4.78, 5) is 10.7. The molecule has 0 aromatic carbocycles. The number of hydrogen-bond donors (Lipinski definition) is 2. The minimum Gasteiger partial charge on any atom is -0.479 e. The maximum Gasteiger partial charge on any atom is 0.335 e. The van der Waals surface area contributed by atoms with Crippen LogP contribution in [-0.2, 0) is 4.79 Å². The summed E-state index contributed by atoms with van der Waals surface area (Å²) in [7, 11) is 0. The molecule has 0 heterocycles. The average Bonchev–Trinajstić information content (AvgIpc) is 2.17. The van der Waals surface area contributed by atoms with Gasteiger partial charge in [0, 0.05) is 0 Å². The second-order valence-electron chi connectivity index (χ2n) is 3.85. The van der Waals surface area contributed by atoms with E-state index >= 15 is 0 Å². The molecule has 0 radical (unpaired) electrons. The predicted molar refractivity (Wildman–Crippen MR) is 56.3 cm³/mol. The Bertz CT molecular complexity index is 168. The van der Waals surface area contributed by atoms with Crippen LogP contribution in [0.2, 0.25) is 0 Å². The number of hydrogen-bond acceptors (Lipinski definition) is 2. The molecule has 0 bridgehead atoms. The summed E-state index contributed by atoms with van der Waals surface area (Å²) in [5, 5.41) is 18.4.